The molecule has 1 aliphatic rings. The summed E-state index contributed by atoms with van der Waals surface area (Å²) in [6.07, 6.45) is 6.67. The summed E-state index contributed by atoms with van der Waals surface area (Å²) in [7, 11) is 1.94. The van der Waals surface area contributed by atoms with Crippen molar-refractivity contribution in [1.29, 1.82) is 0 Å². The number of anilines is 1. The molecular weight excluding hydrogens is 246 g/mol. The van der Waals surface area contributed by atoms with Gasteiger partial charge in [0.15, 0.2) is 0 Å². The summed E-state index contributed by atoms with van der Waals surface area (Å²) in [5.41, 5.74) is 4.80. The first kappa shape index (κ1) is 13.2. The summed E-state index contributed by atoms with van der Waals surface area (Å²) in [4.78, 5) is 8.37. The molecule has 0 unspecified atom stereocenters. The van der Waals surface area contributed by atoms with Gasteiger partial charge >= 0.3 is 0 Å². The van der Waals surface area contributed by atoms with Gasteiger partial charge in [0.1, 0.15) is 5.82 Å². The van der Waals surface area contributed by atoms with Crippen LogP contribution in [0.25, 0.3) is 11.4 Å². The molecule has 20 heavy (non-hydrogen) atoms. The summed E-state index contributed by atoms with van der Waals surface area (Å²) in [5.74, 6) is 1.65. The van der Waals surface area contributed by atoms with Crippen LogP contribution in [0.5, 0.6) is 0 Å². The fraction of sp³-hybridized carbons (Fsp3) is 0.471. The van der Waals surface area contributed by atoms with Crippen molar-refractivity contribution < 1.29 is 0 Å². The van der Waals surface area contributed by atoms with Gasteiger partial charge in [-0.2, -0.15) is 0 Å². The van der Waals surface area contributed by atoms with Gasteiger partial charge in [-0.15, -0.1) is 0 Å². The molecular formula is C17H23N3. The summed E-state index contributed by atoms with van der Waals surface area (Å²) in [6.45, 7) is 2.16. The minimum Gasteiger partial charge on any atom is -0.388 e. The Kier molecular flexibility index (Phi) is 3.77. The number of nitrogens with zero attached hydrogens (tertiary/aromatic N) is 1. The van der Waals surface area contributed by atoms with Crippen LogP contribution in [0.4, 0.5) is 5.69 Å². The Labute approximate surface area is 120 Å². The molecule has 3 heteroatoms. The first-order chi connectivity index (χ1) is 9.78. The topological polar surface area (TPSA) is 40.7 Å². The molecule has 3 rings (SSSR count). The van der Waals surface area contributed by atoms with E-state index in [1.54, 1.807) is 0 Å². The molecule has 0 atom stereocenters. The molecule has 0 amide bonds. The average molecular weight is 269 g/mol. The highest BCUT2D eigenvalue weighted by molar-refractivity contribution is 5.63. The number of rotatable bonds is 3. The van der Waals surface area contributed by atoms with Crippen molar-refractivity contribution in [1.82, 2.24) is 9.97 Å². The van der Waals surface area contributed by atoms with E-state index in [1.165, 1.54) is 43.5 Å². The molecule has 2 N–H and O–H groups in total. The third-order valence-corrected chi connectivity index (χ3v) is 4.34. The fourth-order valence-electron chi connectivity index (χ4n) is 3.21. The van der Waals surface area contributed by atoms with Crippen LogP contribution in [0, 0.1) is 6.92 Å². The van der Waals surface area contributed by atoms with Gasteiger partial charge in [-0.25, -0.2) is 4.98 Å². The molecule has 2 aromatic rings. The van der Waals surface area contributed by atoms with Crippen molar-refractivity contribution in [2.75, 3.05) is 12.4 Å². The van der Waals surface area contributed by atoms with Crippen molar-refractivity contribution in [2.24, 2.45) is 0 Å². The molecule has 0 radical (unpaired) electrons. The summed E-state index contributed by atoms with van der Waals surface area (Å²) in [6, 6.07) is 8.40. The minimum atomic E-state index is 0.654. The van der Waals surface area contributed by atoms with E-state index in [4.69, 9.17) is 4.98 Å². The van der Waals surface area contributed by atoms with Crippen LogP contribution in [0.1, 0.15) is 49.4 Å². The van der Waals surface area contributed by atoms with E-state index in [0.717, 1.165) is 17.1 Å². The van der Waals surface area contributed by atoms with E-state index in [9.17, 15) is 0 Å². The number of H-pyrrole nitrogens is 1. The molecule has 1 aromatic heterocycles. The predicted molar refractivity (Wildman–Crippen MR) is 84.1 cm³/mol. The maximum absolute atomic E-state index is 4.90. The smallest absolute Gasteiger partial charge is 0.137 e. The van der Waals surface area contributed by atoms with Gasteiger partial charge < -0.3 is 10.3 Å². The van der Waals surface area contributed by atoms with Crippen LogP contribution < -0.4 is 5.32 Å². The Morgan fingerprint density at radius 1 is 1.20 bits per heavy atom. The van der Waals surface area contributed by atoms with E-state index in [1.807, 2.05) is 7.05 Å². The second kappa shape index (κ2) is 5.70. The average Bonchev–Trinajstić information content (AvgIpc) is 2.90. The standard InChI is InChI=1S/C17H23N3/c1-12-16(13-7-4-3-5-8-13)20-17(19-12)14-9-6-10-15(11-14)18-2/h6,9-11,13,18H,3-5,7-8H2,1-2H3,(H,19,20). The lowest BCUT2D eigenvalue weighted by molar-refractivity contribution is 0.436. The second-order valence-electron chi connectivity index (χ2n) is 5.76. The first-order valence-corrected chi connectivity index (χ1v) is 7.62. The Morgan fingerprint density at radius 3 is 2.75 bits per heavy atom. The van der Waals surface area contributed by atoms with E-state index < -0.39 is 0 Å². The Balaban J connectivity index is 1.91. The van der Waals surface area contributed by atoms with E-state index in [0.29, 0.717) is 5.92 Å². The third-order valence-electron chi connectivity index (χ3n) is 4.34. The monoisotopic (exact) mass is 269 g/mol. The largest absolute Gasteiger partial charge is 0.388 e. The van der Waals surface area contributed by atoms with Gasteiger partial charge in [0.25, 0.3) is 0 Å². The van der Waals surface area contributed by atoms with Crippen LogP contribution in [-0.2, 0) is 0 Å². The number of aromatic amines is 1. The molecule has 1 saturated carbocycles. The molecule has 0 spiro atoms. The van der Waals surface area contributed by atoms with Crippen LogP contribution in [-0.4, -0.2) is 17.0 Å². The van der Waals surface area contributed by atoms with E-state index >= 15 is 0 Å². The highest BCUT2D eigenvalue weighted by Gasteiger charge is 2.21. The second-order valence-corrected chi connectivity index (χ2v) is 5.76. The van der Waals surface area contributed by atoms with Gasteiger partial charge in [-0.1, -0.05) is 31.4 Å². The lowest BCUT2D eigenvalue weighted by Crippen LogP contribution is -2.06. The van der Waals surface area contributed by atoms with Crippen molar-refractivity contribution in [3.8, 4) is 11.4 Å². The van der Waals surface area contributed by atoms with Gasteiger partial charge in [0.2, 0.25) is 0 Å². The Morgan fingerprint density at radius 2 is 2.00 bits per heavy atom. The van der Waals surface area contributed by atoms with Crippen molar-refractivity contribution in [2.45, 2.75) is 44.9 Å². The number of nitrogens with one attached hydrogen (secondary N) is 2. The van der Waals surface area contributed by atoms with Gasteiger partial charge in [0.05, 0.1) is 5.69 Å². The lowest BCUT2D eigenvalue weighted by atomic mass is 9.86. The highest BCUT2D eigenvalue weighted by atomic mass is 14.9. The molecule has 0 saturated heterocycles. The molecule has 1 aliphatic carbocycles. The number of aromatic nitrogens is 2. The number of hydrogen-bond acceptors (Lipinski definition) is 2. The van der Waals surface area contributed by atoms with Gasteiger partial charge in [0, 0.05) is 29.9 Å². The SMILES string of the molecule is CNc1cccc(-c2nc(C3CCCCC3)c(C)[nH]2)c1. The maximum Gasteiger partial charge on any atom is 0.137 e. The first-order valence-electron chi connectivity index (χ1n) is 7.62. The predicted octanol–water partition coefficient (Wildman–Crippen LogP) is 4.47. The number of hydrogen-bond donors (Lipinski definition) is 2. The maximum atomic E-state index is 4.90. The van der Waals surface area contributed by atoms with E-state index in [-0.39, 0.29) is 0 Å². The molecule has 1 aromatic carbocycles. The molecule has 0 aliphatic heterocycles. The quantitative estimate of drug-likeness (QED) is 0.862. The van der Waals surface area contributed by atoms with Gasteiger partial charge in [-0.05, 0) is 31.9 Å². The van der Waals surface area contributed by atoms with Crippen molar-refractivity contribution >= 4 is 5.69 Å². The summed E-state index contributed by atoms with van der Waals surface area (Å²) < 4.78 is 0. The fourth-order valence-corrected chi connectivity index (χ4v) is 3.21. The highest BCUT2D eigenvalue weighted by Crippen LogP contribution is 2.34. The molecule has 1 fully saturated rings. The zero-order valence-electron chi connectivity index (χ0n) is 12.4. The van der Waals surface area contributed by atoms with Crippen LogP contribution in [0.15, 0.2) is 24.3 Å². The zero-order valence-corrected chi connectivity index (χ0v) is 12.4. The summed E-state index contributed by atoms with van der Waals surface area (Å²) >= 11 is 0. The normalized spacial score (nSPS) is 16.3. The summed E-state index contributed by atoms with van der Waals surface area (Å²) in [5, 5.41) is 3.18. The van der Waals surface area contributed by atoms with Crippen LogP contribution in [0.2, 0.25) is 0 Å². The molecule has 3 nitrogen and oxygen atoms in total. The van der Waals surface area contributed by atoms with Gasteiger partial charge in [-0.3, -0.25) is 0 Å². The molecule has 1 heterocycles. The number of aryl methyl sites for hydroxylation is 1. The van der Waals surface area contributed by atoms with Crippen molar-refractivity contribution in [3.63, 3.8) is 0 Å². The Bertz CT molecular complexity index is 580. The molecule has 106 valence electrons. The zero-order chi connectivity index (χ0) is 13.9. The molecule has 0 bridgehead atoms. The Hall–Kier alpha value is -1.77. The number of imidazole rings is 1. The minimum absolute atomic E-state index is 0.654. The third kappa shape index (κ3) is 2.58. The van der Waals surface area contributed by atoms with Crippen LogP contribution >= 0.6 is 0 Å². The lowest BCUT2D eigenvalue weighted by Gasteiger charge is -2.20. The van der Waals surface area contributed by atoms with E-state index in [2.05, 4.69) is 41.5 Å². The van der Waals surface area contributed by atoms with Crippen LogP contribution in [0.3, 0.4) is 0 Å². The number of benzene rings is 1. The van der Waals surface area contributed by atoms with Crippen molar-refractivity contribution in [3.05, 3.63) is 35.7 Å².